The number of ether oxygens (including phenoxy) is 1. The van der Waals surface area contributed by atoms with E-state index in [9.17, 15) is 17.2 Å². The summed E-state index contributed by atoms with van der Waals surface area (Å²) in [6, 6.07) is 6.02. The Kier molecular flexibility index (Phi) is 6.42. The first-order chi connectivity index (χ1) is 13.3. The number of nitrogens with one attached hydrogen (secondary N) is 2. The Morgan fingerprint density at radius 2 is 1.93 bits per heavy atom. The number of rotatable bonds is 7. The van der Waals surface area contributed by atoms with Crippen LogP contribution in [0.25, 0.3) is 0 Å². The standard InChI is InChI=1S/C18H22F2N4O3S/c1-13(24-6-8-27-9-7-24)11-21-18-5-3-15(12-22-18)28(25,26)23-14-2-4-16(19)17(20)10-14/h2-5,10,12-13,23H,6-9,11H2,1H3,(H,21,22). The van der Waals surface area contributed by atoms with E-state index in [1.807, 2.05) is 0 Å². The fraction of sp³-hybridized carbons (Fsp3) is 0.389. The second-order valence-corrected chi connectivity index (χ2v) is 8.17. The van der Waals surface area contributed by atoms with Gasteiger partial charge >= 0.3 is 0 Å². The molecule has 1 unspecified atom stereocenters. The van der Waals surface area contributed by atoms with Crippen LogP contribution in [-0.4, -0.2) is 57.2 Å². The van der Waals surface area contributed by atoms with E-state index in [4.69, 9.17) is 4.74 Å². The van der Waals surface area contributed by atoms with E-state index >= 15 is 0 Å². The number of pyridine rings is 1. The molecule has 1 atom stereocenters. The smallest absolute Gasteiger partial charge is 0.263 e. The normalized spacial score (nSPS) is 16.5. The van der Waals surface area contributed by atoms with E-state index in [1.165, 1.54) is 12.3 Å². The zero-order valence-electron chi connectivity index (χ0n) is 15.4. The lowest BCUT2D eigenvalue weighted by Crippen LogP contribution is -2.45. The molecule has 1 aliphatic rings. The van der Waals surface area contributed by atoms with Gasteiger partial charge in [0, 0.05) is 37.9 Å². The maximum absolute atomic E-state index is 13.3. The van der Waals surface area contributed by atoms with Gasteiger partial charge in [-0.2, -0.15) is 0 Å². The molecule has 0 aliphatic carbocycles. The molecule has 2 heterocycles. The van der Waals surface area contributed by atoms with Crippen molar-refractivity contribution in [2.45, 2.75) is 17.9 Å². The first-order valence-corrected chi connectivity index (χ1v) is 10.3. The first kappa shape index (κ1) is 20.4. The summed E-state index contributed by atoms with van der Waals surface area (Å²) in [7, 11) is -3.96. The van der Waals surface area contributed by atoms with Gasteiger partial charge in [0.15, 0.2) is 11.6 Å². The number of aromatic nitrogens is 1. The van der Waals surface area contributed by atoms with Gasteiger partial charge in [0.05, 0.1) is 18.9 Å². The number of sulfonamides is 1. The monoisotopic (exact) mass is 412 g/mol. The van der Waals surface area contributed by atoms with Crippen molar-refractivity contribution in [1.29, 1.82) is 0 Å². The van der Waals surface area contributed by atoms with Gasteiger partial charge < -0.3 is 10.1 Å². The third-order valence-corrected chi connectivity index (χ3v) is 5.83. The Balaban J connectivity index is 1.60. The molecule has 152 valence electrons. The zero-order chi connectivity index (χ0) is 20.1. The van der Waals surface area contributed by atoms with Gasteiger partial charge in [-0.15, -0.1) is 0 Å². The minimum Gasteiger partial charge on any atom is -0.379 e. The predicted molar refractivity (Wildman–Crippen MR) is 102 cm³/mol. The highest BCUT2D eigenvalue weighted by atomic mass is 32.2. The molecule has 2 N–H and O–H groups in total. The van der Waals surface area contributed by atoms with Crippen molar-refractivity contribution >= 4 is 21.5 Å². The van der Waals surface area contributed by atoms with E-state index in [0.717, 1.165) is 44.5 Å². The summed E-state index contributed by atoms with van der Waals surface area (Å²) in [5.74, 6) is -1.63. The van der Waals surface area contributed by atoms with Gasteiger partial charge in [0.2, 0.25) is 0 Å². The molecule has 10 heteroatoms. The Hall–Kier alpha value is -2.30. The third kappa shape index (κ3) is 5.15. The molecule has 0 saturated carbocycles. The van der Waals surface area contributed by atoms with E-state index in [-0.39, 0.29) is 16.6 Å². The van der Waals surface area contributed by atoms with Crippen LogP contribution in [0.4, 0.5) is 20.3 Å². The molecular weight excluding hydrogens is 390 g/mol. The van der Waals surface area contributed by atoms with Crippen molar-refractivity contribution in [2.75, 3.05) is 42.9 Å². The van der Waals surface area contributed by atoms with Gasteiger partial charge in [0.25, 0.3) is 10.0 Å². The maximum atomic E-state index is 13.3. The highest BCUT2D eigenvalue weighted by molar-refractivity contribution is 7.92. The van der Waals surface area contributed by atoms with Gasteiger partial charge in [-0.25, -0.2) is 22.2 Å². The van der Waals surface area contributed by atoms with Crippen LogP contribution < -0.4 is 10.0 Å². The maximum Gasteiger partial charge on any atom is 0.263 e. The first-order valence-electron chi connectivity index (χ1n) is 8.85. The van der Waals surface area contributed by atoms with Crippen LogP contribution in [0.15, 0.2) is 41.4 Å². The highest BCUT2D eigenvalue weighted by Crippen LogP contribution is 2.19. The summed E-state index contributed by atoms with van der Waals surface area (Å²) < 4.78 is 58.5. The Morgan fingerprint density at radius 3 is 2.57 bits per heavy atom. The van der Waals surface area contributed by atoms with Crippen molar-refractivity contribution in [3.63, 3.8) is 0 Å². The molecule has 1 aliphatic heterocycles. The highest BCUT2D eigenvalue weighted by Gasteiger charge is 2.18. The number of anilines is 2. The molecule has 28 heavy (non-hydrogen) atoms. The fourth-order valence-corrected chi connectivity index (χ4v) is 3.81. The second kappa shape index (κ2) is 8.80. The van der Waals surface area contributed by atoms with E-state index < -0.39 is 21.7 Å². The Bertz CT molecular complexity index is 904. The molecule has 3 rings (SSSR count). The van der Waals surface area contributed by atoms with Crippen LogP contribution >= 0.6 is 0 Å². The summed E-state index contributed by atoms with van der Waals surface area (Å²) in [5, 5.41) is 3.18. The fourth-order valence-electron chi connectivity index (χ4n) is 2.82. The molecule has 0 spiro atoms. The zero-order valence-corrected chi connectivity index (χ0v) is 16.2. The largest absolute Gasteiger partial charge is 0.379 e. The number of morpholine rings is 1. The minimum atomic E-state index is -3.96. The van der Waals surface area contributed by atoms with Gasteiger partial charge in [-0.1, -0.05) is 0 Å². The third-order valence-electron chi connectivity index (χ3n) is 4.47. The van der Waals surface area contributed by atoms with E-state index in [0.29, 0.717) is 12.4 Å². The lowest BCUT2D eigenvalue weighted by atomic mass is 10.2. The van der Waals surface area contributed by atoms with Crippen LogP contribution in [-0.2, 0) is 14.8 Å². The number of hydrogen-bond donors (Lipinski definition) is 2. The minimum absolute atomic E-state index is 0.0690. The molecule has 0 bridgehead atoms. The summed E-state index contributed by atoms with van der Waals surface area (Å²) in [4.78, 5) is 6.35. The van der Waals surface area contributed by atoms with Crippen LogP contribution in [0, 0.1) is 11.6 Å². The predicted octanol–water partition coefficient (Wildman–Crippen LogP) is 2.29. The topological polar surface area (TPSA) is 83.6 Å². The van der Waals surface area contributed by atoms with E-state index in [2.05, 4.69) is 26.8 Å². The van der Waals surface area contributed by atoms with Crippen LogP contribution in [0.5, 0.6) is 0 Å². The number of hydrogen-bond acceptors (Lipinski definition) is 6. The van der Waals surface area contributed by atoms with Crippen LogP contribution in [0.3, 0.4) is 0 Å². The van der Waals surface area contributed by atoms with Crippen molar-refractivity contribution in [1.82, 2.24) is 9.88 Å². The molecule has 1 aromatic heterocycles. The average Bonchev–Trinajstić information content (AvgIpc) is 2.70. The summed E-state index contributed by atoms with van der Waals surface area (Å²) in [6.45, 7) is 5.96. The van der Waals surface area contributed by atoms with Gasteiger partial charge in [-0.3, -0.25) is 9.62 Å². The van der Waals surface area contributed by atoms with Crippen molar-refractivity contribution in [3.05, 3.63) is 48.2 Å². The molecule has 0 radical (unpaired) electrons. The van der Waals surface area contributed by atoms with Crippen molar-refractivity contribution in [3.8, 4) is 0 Å². The molecule has 1 saturated heterocycles. The lowest BCUT2D eigenvalue weighted by Gasteiger charge is -2.32. The molecule has 2 aromatic rings. The summed E-state index contributed by atoms with van der Waals surface area (Å²) in [5.41, 5.74) is -0.0690. The second-order valence-electron chi connectivity index (χ2n) is 6.49. The number of nitrogens with zero attached hydrogens (tertiary/aromatic N) is 2. The number of halogens is 2. The Labute approximate surface area is 162 Å². The Morgan fingerprint density at radius 1 is 1.18 bits per heavy atom. The molecular formula is C18H22F2N4O3S. The average molecular weight is 412 g/mol. The molecule has 1 fully saturated rings. The quantitative estimate of drug-likeness (QED) is 0.726. The van der Waals surface area contributed by atoms with E-state index in [1.54, 1.807) is 6.07 Å². The lowest BCUT2D eigenvalue weighted by molar-refractivity contribution is 0.0227. The van der Waals surface area contributed by atoms with Gasteiger partial charge in [-0.05, 0) is 31.2 Å². The number of benzene rings is 1. The van der Waals surface area contributed by atoms with Gasteiger partial charge in [0.1, 0.15) is 10.7 Å². The molecule has 1 aromatic carbocycles. The molecule has 0 amide bonds. The molecule has 7 nitrogen and oxygen atoms in total. The van der Waals surface area contributed by atoms with Crippen LogP contribution in [0.1, 0.15) is 6.92 Å². The summed E-state index contributed by atoms with van der Waals surface area (Å²) >= 11 is 0. The van der Waals surface area contributed by atoms with Crippen LogP contribution in [0.2, 0.25) is 0 Å². The summed E-state index contributed by atoms with van der Waals surface area (Å²) in [6.07, 6.45) is 1.21. The SMILES string of the molecule is CC(CNc1ccc(S(=O)(=O)Nc2ccc(F)c(F)c2)cn1)N1CCOCC1. The van der Waals surface area contributed by atoms with Crippen molar-refractivity contribution in [2.24, 2.45) is 0 Å². The van der Waals surface area contributed by atoms with Crippen molar-refractivity contribution < 1.29 is 21.9 Å².